The van der Waals surface area contributed by atoms with Gasteiger partial charge in [-0.05, 0) is 61.6 Å². The third-order valence-corrected chi connectivity index (χ3v) is 8.09. The Morgan fingerprint density at radius 2 is 1.94 bits per heavy atom. The van der Waals surface area contributed by atoms with Gasteiger partial charge in [0.1, 0.15) is 6.04 Å². The molecule has 2 aromatic rings. The molecule has 0 saturated carbocycles. The Balaban J connectivity index is 1.47. The Labute approximate surface area is 196 Å². The predicted octanol–water partition coefficient (Wildman–Crippen LogP) is 2.78. The maximum atomic E-state index is 13.1. The fourth-order valence-electron chi connectivity index (χ4n) is 4.08. The fourth-order valence-corrected chi connectivity index (χ4v) is 5.94. The lowest BCUT2D eigenvalue weighted by Crippen LogP contribution is -2.52. The summed E-state index contributed by atoms with van der Waals surface area (Å²) in [7, 11) is -3.98. The van der Waals surface area contributed by atoms with Crippen molar-refractivity contribution in [2.75, 3.05) is 0 Å². The monoisotopic (exact) mass is 517 g/mol. The van der Waals surface area contributed by atoms with E-state index in [9.17, 15) is 18.0 Å². The second-order valence-electron chi connectivity index (χ2n) is 8.11. The molecule has 0 fully saturated rings. The van der Waals surface area contributed by atoms with E-state index in [1.165, 1.54) is 35.7 Å². The molecule has 1 aliphatic carbocycles. The normalized spacial score (nSPS) is 20.4. The van der Waals surface area contributed by atoms with Gasteiger partial charge in [0.15, 0.2) is 0 Å². The summed E-state index contributed by atoms with van der Waals surface area (Å²) in [5.41, 5.74) is 3.37. The van der Waals surface area contributed by atoms with Crippen LogP contribution in [0.3, 0.4) is 0 Å². The molecular formula is C23H24BrN3O4S. The van der Waals surface area contributed by atoms with Gasteiger partial charge in [0, 0.05) is 22.9 Å². The molecule has 7 nitrogen and oxygen atoms in total. The van der Waals surface area contributed by atoms with Crippen molar-refractivity contribution in [3.05, 3.63) is 76.0 Å². The highest BCUT2D eigenvalue weighted by molar-refractivity contribution is 9.10. The van der Waals surface area contributed by atoms with Gasteiger partial charge in [-0.1, -0.05) is 39.7 Å². The Morgan fingerprint density at radius 3 is 2.69 bits per heavy atom. The summed E-state index contributed by atoms with van der Waals surface area (Å²) in [6, 6.07) is 11.3. The number of nitrogens with one attached hydrogen (secondary N) is 2. The number of halogens is 1. The molecule has 0 saturated heterocycles. The fraction of sp³-hybridized carbons (Fsp3) is 0.304. The van der Waals surface area contributed by atoms with Gasteiger partial charge in [0.2, 0.25) is 11.8 Å². The molecule has 2 unspecified atom stereocenters. The van der Waals surface area contributed by atoms with Gasteiger partial charge in [-0.25, -0.2) is 8.42 Å². The van der Waals surface area contributed by atoms with Crippen LogP contribution in [0.2, 0.25) is 0 Å². The number of fused-ring (bicyclic) bond motifs is 1. The molecule has 1 aliphatic heterocycles. The highest BCUT2D eigenvalue weighted by Gasteiger charge is 2.37. The molecule has 0 bridgehead atoms. The zero-order valence-electron chi connectivity index (χ0n) is 17.5. The summed E-state index contributed by atoms with van der Waals surface area (Å²) in [6.07, 6.45) is 4.65. The van der Waals surface area contributed by atoms with Crippen LogP contribution in [0.4, 0.5) is 0 Å². The highest BCUT2D eigenvalue weighted by Crippen LogP contribution is 2.26. The molecule has 4 rings (SSSR count). The predicted molar refractivity (Wildman–Crippen MR) is 124 cm³/mol. The average Bonchev–Trinajstić information content (AvgIpc) is 2.75. The first-order valence-corrected chi connectivity index (χ1v) is 12.6. The smallest absolute Gasteiger partial charge is 0.264 e. The maximum Gasteiger partial charge on any atom is 0.264 e. The molecule has 0 radical (unpaired) electrons. The molecule has 2 aliphatic rings. The summed E-state index contributed by atoms with van der Waals surface area (Å²) in [6.45, 7) is 1.86. The van der Waals surface area contributed by atoms with Crippen molar-refractivity contribution in [3.63, 3.8) is 0 Å². The standard InChI is InChI=1S/C23H24BrN3O4S/c1-15-2-8-20(9-3-15)32(30,31)27-11-10-25-23(29)21(27)14-22(28)26-19-7-5-16-12-18(24)6-4-17(16)13-19/h2-4,6,8-12,19,21H,5,7,13-14H2,1H3,(H,25,29)(H,26,28). The van der Waals surface area contributed by atoms with E-state index >= 15 is 0 Å². The zero-order chi connectivity index (χ0) is 22.9. The van der Waals surface area contributed by atoms with Gasteiger partial charge in [-0.3, -0.25) is 13.9 Å². The summed E-state index contributed by atoms with van der Waals surface area (Å²) in [5, 5.41) is 5.50. The number of nitrogens with zero attached hydrogens (tertiary/aromatic N) is 1. The van der Waals surface area contributed by atoms with E-state index < -0.39 is 22.0 Å². The summed E-state index contributed by atoms with van der Waals surface area (Å²) in [4.78, 5) is 25.4. The lowest BCUT2D eigenvalue weighted by molar-refractivity contribution is -0.129. The molecule has 2 amide bonds. The lowest BCUT2D eigenvalue weighted by Gasteiger charge is -2.32. The quantitative estimate of drug-likeness (QED) is 0.637. The van der Waals surface area contributed by atoms with E-state index in [1.807, 2.05) is 19.1 Å². The van der Waals surface area contributed by atoms with E-state index in [1.54, 1.807) is 12.1 Å². The molecule has 0 spiro atoms. The minimum Gasteiger partial charge on any atom is -0.353 e. The van der Waals surface area contributed by atoms with Crippen molar-refractivity contribution < 1.29 is 18.0 Å². The van der Waals surface area contributed by atoms with E-state index in [0.29, 0.717) is 6.42 Å². The first-order valence-electron chi connectivity index (χ1n) is 10.4. The van der Waals surface area contributed by atoms with Gasteiger partial charge in [0.25, 0.3) is 10.0 Å². The van der Waals surface area contributed by atoms with Gasteiger partial charge >= 0.3 is 0 Å². The second kappa shape index (κ2) is 9.07. The topological polar surface area (TPSA) is 95.6 Å². The number of benzene rings is 2. The van der Waals surface area contributed by atoms with Crippen LogP contribution in [0.25, 0.3) is 0 Å². The molecule has 2 atom stereocenters. The molecule has 1 heterocycles. The number of hydrogen-bond acceptors (Lipinski definition) is 4. The number of rotatable bonds is 5. The van der Waals surface area contributed by atoms with Crippen molar-refractivity contribution >= 4 is 37.8 Å². The van der Waals surface area contributed by atoms with E-state index in [-0.39, 0.29) is 23.3 Å². The first kappa shape index (κ1) is 22.5. The molecule has 168 valence electrons. The van der Waals surface area contributed by atoms with Crippen molar-refractivity contribution in [2.45, 2.75) is 49.6 Å². The van der Waals surface area contributed by atoms with Gasteiger partial charge in [-0.15, -0.1) is 0 Å². The van der Waals surface area contributed by atoms with Crippen LogP contribution >= 0.6 is 15.9 Å². The maximum absolute atomic E-state index is 13.1. The number of hydrogen-bond donors (Lipinski definition) is 2. The number of carbonyl (C=O) groups excluding carboxylic acids is 2. The number of sulfonamides is 1. The van der Waals surface area contributed by atoms with Crippen LogP contribution < -0.4 is 10.6 Å². The Morgan fingerprint density at radius 1 is 1.19 bits per heavy atom. The highest BCUT2D eigenvalue weighted by atomic mass is 79.9. The van der Waals surface area contributed by atoms with Crippen molar-refractivity contribution in [1.29, 1.82) is 0 Å². The zero-order valence-corrected chi connectivity index (χ0v) is 19.9. The van der Waals surface area contributed by atoms with E-state index in [0.717, 1.165) is 27.2 Å². The van der Waals surface area contributed by atoms with Gasteiger partial charge < -0.3 is 10.6 Å². The van der Waals surface area contributed by atoms with E-state index in [2.05, 4.69) is 32.6 Å². The minimum atomic E-state index is -3.98. The average molecular weight is 518 g/mol. The minimum absolute atomic E-state index is 0.0551. The molecular weight excluding hydrogens is 494 g/mol. The molecule has 2 N–H and O–H groups in total. The van der Waals surface area contributed by atoms with Crippen molar-refractivity contribution in [2.24, 2.45) is 0 Å². The largest absolute Gasteiger partial charge is 0.353 e. The number of amides is 2. The van der Waals surface area contributed by atoms with Crippen LogP contribution in [0, 0.1) is 6.92 Å². The van der Waals surface area contributed by atoms with Crippen LogP contribution in [0.15, 0.2) is 64.2 Å². The summed E-state index contributed by atoms with van der Waals surface area (Å²) in [5.74, 6) is -0.882. The number of aryl methyl sites for hydroxylation is 2. The van der Waals surface area contributed by atoms with Crippen LogP contribution in [0.1, 0.15) is 29.5 Å². The second-order valence-corrected chi connectivity index (χ2v) is 10.9. The third-order valence-electron chi connectivity index (χ3n) is 5.79. The van der Waals surface area contributed by atoms with Gasteiger partial charge in [-0.2, -0.15) is 0 Å². The van der Waals surface area contributed by atoms with E-state index in [4.69, 9.17) is 0 Å². The Kier molecular flexibility index (Phi) is 6.39. The Hall–Kier alpha value is -2.65. The van der Waals surface area contributed by atoms with Crippen molar-refractivity contribution in [3.8, 4) is 0 Å². The lowest BCUT2D eigenvalue weighted by atomic mass is 9.88. The first-order chi connectivity index (χ1) is 15.2. The molecule has 32 heavy (non-hydrogen) atoms. The summed E-state index contributed by atoms with van der Waals surface area (Å²) < 4.78 is 28.3. The van der Waals surface area contributed by atoms with Gasteiger partial charge in [0.05, 0.1) is 11.3 Å². The van der Waals surface area contributed by atoms with Crippen LogP contribution in [-0.4, -0.2) is 36.6 Å². The third kappa shape index (κ3) is 4.73. The SMILES string of the molecule is Cc1ccc(S(=O)(=O)N2C=CNC(=O)C2CC(=O)NC2CCc3cc(Br)ccc3C2)cc1. The van der Waals surface area contributed by atoms with Crippen LogP contribution in [0.5, 0.6) is 0 Å². The van der Waals surface area contributed by atoms with Crippen LogP contribution in [-0.2, 0) is 32.5 Å². The molecule has 9 heteroatoms. The molecule has 0 aromatic heterocycles. The summed E-state index contributed by atoms with van der Waals surface area (Å²) >= 11 is 3.48. The number of carbonyl (C=O) groups is 2. The molecule has 2 aromatic carbocycles. The Bertz CT molecular complexity index is 1180. The van der Waals surface area contributed by atoms with Crippen molar-refractivity contribution in [1.82, 2.24) is 14.9 Å².